The van der Waals surface area contributed by atoms with Crippen LogP contribution in [0.5, 0.6) is 0 Å². The first-order valence-corrected chi connectivity index (χ1v) is 10.3. The highest BCUT2D eigenvalue weighted by atomic mass is 16.2. The Morgan fingerprint density at radius 1 is 1.00 bits per heavy atom. The Kier molecular flexibility index (Phi) is 6.11. The molecule has 2 saturated heterocycles. The summed E-state index contributed by atoms with van der Waals surface area (Å²) in [5, 5.41) is 3.41. The molecule has 1 amide bonds. The van der Waals surface area contributed by atoms with Crippen LogP contribution >= 0.6 is 0 Å². The number of nitrogens with zero attached hydrogens (tertiary/aromatic N) is 5. The fraction of sp³-hybridized carbons (Fsp3) is 0.524. The van der Waals surface area contributed by atoms with Gasteiger partial charge in [-0.1, -0.05) is 12.5 Å². The van der Waals surface area contributed by atoms with Crippen LogP contribution < -0.4 is 5.32 Å². The second-order valence-electron chi connectivity index (χ2n) is 7.57. The van der Waals surface area contributed by atoms with Gasteiger partial charge in [0, 0.05) is 32.0 Å². The Balaban J connectivity index is 1.46. The fourth-order valence-corrected chi connectivity index (χ4v) is 4.10. The molecule has 148 valence electrons. The van der Waals surface area contributed by atoms with E-state index in [0.29, 0.717) is 18.1 Å². The lowest BCUT2D eigenvalue weighted by Gasteiger charge is -2.35. The minimum atomic E-state index is -0.0199. The van der Waals surface area contributed by atoms with E-state index in [1.54, 1.807) is 12.4 Å². The predicted octanol–water partition coefficient (Wildman–Crippen LogP) is 2.75. The number of pyridine rings is 1. The third-order valence-electron chi connectivity index (χ3n) is 5.62. The summed E-state index contributed by atoms with van der Waals surface area (Å²) in [7, 11) is 0. The lowest BCUT2D eigenvalue weighted by atomic mass is 10.0. The molecule has 1 atom stereocenters. The number of aromatic nitrogens is 3. The van der Waals surface area contributed by atoms with Crippen LogP contribution in [0.15, 0.2) is 36.9 Å². The number of amides is 1. The summed E-state index contributed by atoms with van der Waals surface area (Å²) in [6.45, 7) is 4.54. The summed E-state index contributed by atoms with van der Waals surface area (Å²) in [6.07, 6.45) is 12.9. The summed E-state index contributed by atoms with van der Waals surface area (Å²) < 4.78 is 0. The Morgan fingerprint density at radius 3 is 2.54 bits per heavy atom. The largest absolute Gasteiger partial charge is 0.367 e. The van der Waals surface area contributed by atoms with Crippen molar-refractivity contribution in [2.24, 2.45) is 0 Å². The molecule has 2 aromatic rings. The molecule has 0 aliphatic carbocycles. The molecule has 2 fully saturated rings. The molecule has 2 aliphatic rings. The van der Waals surface area contributed by atoms with Gasteiger partial charge in [-0.3, -0.25) is 19.7 Å². The number of rotatable bonds is 6. The zero-order chi connectivity index (χ0) is 19.2. The van der Waals surface area contributed by atoms with Crippen LogP contribution in [0.3, 0.4) is 0 Å². The predicted molar refractivity (Wildman–Crippen MR) is 108 cm³/mol. The number of hydrogen-bond donors (Lipinski definition) is 1. The Bertz CT molecular complexity index is 771. The standard InChI is InChI=1S/C21H28N6O/c28-21(27-11-4-5-12-27)18-14-23-16-20(25-18)24-15-19(17-7-6-8-22-13-17)26-9-2-1-3-10-26/h6-8,13-14,16,19H,1-5,9-12,15H2,(H,24,25). The Morgan fingerprint density at radius 2 is 1.79 bits per heavy atom. The summed E-state index contributed by atoms with van der Waals surface area (Å²) >= 11 is 0. The van der Waals surface area contributed by atoms with Crippen molar-refractivity contribution in [1.82, 2.24) is 24.8 Å². The molecule has 0 aromatic carbocycles. The maximum absolute atomic E-state index is 12.6. The molecule has 28 heavy (non-hydrogen) atoms. The first-order chi connectivity index (χ1) is 13.8. The van der Waals surface area contributed by atoms with E-state index in [9.17, 15) is 4.79 Å². The maximum atomic E-state index is 12.6. The van der Waals surface area contributed by atoms with Crippen LogP contribution in [-0.2, 0) is 0 Å². The molecule has 4 heterocycles. The molecular weight excluding hydrogens is 352 g/mol. The van der Waals surface area contributed by atoms with Crippen LogP contribution in [-0.4, -0.2) is 63.4 Å². The molecule has 0 spiro atoms. The molecule has 1 N–H and O–H groups in total. The number of carbonyl (C=O) groups excluding carboxylic acids is 1. The van der Waals surface area contributed by atoms with Crippen molar-refractivity contribution in [2.75, 3.05) is 38.0 Å². The van der Waals surface area contributed by atoms with Gasteiger partial charge in [-0.2, -0.15) is 0 Å². The van der Waals surface area contributed by atoms with E-state index < -0.39 is 0 Å². The normalized spacial score (nSPS) is 18.8. The first kappa shape index (κ1) is 18.8. The van der Waals surface area contributed by atoms with Crippen molar-refractivity contribution >= 4 is 11.7 Å². The van der Waals surface area contributed by atoms with Gasteiger partial charge in [-0.15, -0.1) is 0 Å². The van der Waals surface area contributed by atoms with Gasteiger partial charge in [0.1, 0.15) is 11.5 Å². The monoisotopic (exact) mass is 380 g/mol. The minimum Gasteiger partial charge on any atom is -0.367 e. The van der Waals surface area contributed by atoms with Crippen molar-refractivity contribution in [2.45, 2.75) is 38.1 Å². The number of nitrogens with one attached hydrogen (secondary N) is 1. The van der Waals surface area contributed by atoms with Gasteiger partial charge in [0.25, 0.3) is 5.91 Å². The highest BCUT2D eigenvalue weighted by molar-refractivity contribution is 5.92. The van der Waals surface area contributed by atoms with E-state index in [-0.39, 0.29) is 11.9 Å². The van der Waals surface area contributed by atoms with Gasteiger partial charge in [0.05, 0.1) is 18.4 Å². The highest BCUT2D eigenvalue weighted by Gasteiger charge is 2.24. The summed E-state index contributed by atoms with van der Waals surface area (Å²) in [5.41, 5.74) is 1.62. The van der Waals surface area contributed by atoms with Crippen LogP contribution in [0, 0.1) is 0 Å². The average molecular weight is 380 g/mol. The lowest BCUT2D eigenvalue weighted by Crippen LogP contribution is -2.37. The molecule has 0 bridgehead atoms. The first-order valence-electron chi connectivity index (χ1n) is 10.3. The summed E-state index contributed by atoms with van der Waals surface area (Å²) in [4.78, 5) is 30.0. The average Bonchev–Trinajstić information content (AvgIpc) is 3.30. The van der Waals surface area contributed by atoms with Crippen LogP contribution in [0.1, 0.15) is 54.2 Å². The quantitative estimate of drug-likeness (QED) is 0.831. The molecule has 7 nitrogen and oxygen atoms in total. The summed E-state index contributed by atoms with van der Waals surface area (Å²) in [6, 6.07) is 4.35. The van der Waals surface area contributed by atoms with E-state index in [0.717, 1.165) is 39.0 Å². The van der Waals surface area contributed by atoms with Crippen LogP contribution in [0.4, 0.5) is 5.82 Å². The molecular formula is C21H28N6O. The molecule has 4 rings (SSSR count). The van der Waals surface area contributed by atoms with Gasteiger partial charge in [0.2, 0.25) is 0 Å². The number of likely N-dealkylation sites (tertiary alicyclic amines) is 2. The minimum absolute atomic E-state index is 0.0199. The molecule has 0 radical (unpaired) electrons. The third-order valence-corrected chi connectivity index (χ3v) is 5.62. The van der Waals surface area contributed by atoms with E-state index in [1.165, 1.54) is 24.8 Å². The Labute approximate surface area is 166 Å². The topological polar surface area (TPSA) is 74.2 Å². The molecule has 0 saturated carbocycles. The third kappa shape index (κ3) is 4.47. The smallest absolute Gasteiger partial charge is 0.274 e. The molecule has 2 aromatic heterocycles. The van der Waals surface area contributed by atoms with Crippen molar-refractivity contribution < 1.29 is 4.79 Å². The zero-order valence-corrected chi connectivity index (χ0v) is 16.3. The number of piperidine rings is 1. The summed E-state index contributed by atoms with van der Waals surface area (Å²) in [5.74, 6) is 0.629. The maximum Gasteiger partial charge on any atom is 0.274 e. The van der Waals surface area contributed by atoms with Gasteiger partial charge < -0.3 is 10.2 Å². The van der Waals surface area contributed by atoms with E-state index in [4.69, 9.17) is 0 Å². The van der Waals surface area contributed by atoms with Gasteiger partial charge in [-0.05, 0) is 50.4 Å². The number of anilines is 1. The SMILES string of the molecule is O=C(c1cncc(NCC(c2cccnc2)N2CCCCC2)n1)N1CCCC1. The second kappa shape index (κ2) is 9.10. The lowest BCUT2D eigenvalue weighted by molar-refractivity contribution is 0.0786. The number of carbonyl (C=O) groups is 1. The molecule has 7 heteroatoms. The van der Waals surface area contributed by atoms with Crippen molar-refractivity contribution in [1.29, 1.82) is 0 Å². The van der Waals surface area contributed by atoms with Crippen molar-refractivity contribution in [3.05, 3.63) is 48.2 Å². The van der Waals surface area contributed by atoms with Crippen molar-refractivity contribution in [3.8, 4) is 0 Å². The van der Waals surface area contributed by atoms with Gasteiger partial charge in [0.15, 0.2) is 0 Å². The van der Waals surface area contributed by atoms with E-state index >= 15 is 0 Å². The number of hydrogen-bond acceptors (Lipinski definition) is 6. The zero-order valence-electron chi connectivity index (χ0n) is 16.3. The van der Waals surface area contributed by atoms with Gasteiger partial charge in [-0.25, -0.2) is 4.98 Å². The second-order valence-corrected chi connectivity index (χ2v) is 7.57. The molecule has 1 unspecified atom stereocenters. The van der Waals surface area contributed by atoms with Gasteiger partial charge >= 0.3 is 0 Å². The Hall–Kier alpha value is -2.54. The van der Waals surface area contributed by atoms with Crippen LogP contribution in [0.25, 0.3) is 0 Å². The van der Waals surface area contributed by atoms with Crippen LogP contribution in [0.2, 0.25) is 0 Å². The molecule has 2 aliphatic heterocycles. The van der Waals surface area contributed by atoms with E-state index in [1.807, 2.05) is 23.4 Å². The fourth-order valence-electron chi connectivity index (χ4n) is 4.10. The van der Waals surface area contributed by atoms with Crippen molar-refractivity contribution in [3.63, 3.8) is 0 Å². The van der Waals surface area contributed by atoms with E-state index in [2.05, 4.69) is 31.2 Å². The highest BCUT2D eigenvalue weighted by Crippen LogP contribution is 2.24.